The summed E-state index contributed by atoms with van der Waals surface area (Å²) < 4.78 is 5.27. The Bertz CT molecular complexity index is 610. The van der Waals surface area contributed by atoms with E-state index in [2.05, 4.69) is 19.2 Å². The number of nitrogens with one attached hydrogen (secondary N) is 1. The number of ether oxygens (including phenoxy) is 1. The van der Waals surface area contributed by atoms with Crippen LogP contribution in [0.15, 0.2) is 24.3 Å². The van der Waals surface area contributed by atoms with Gasteiger partial charge in [-0.25, -0.2) is 4.79 Å². The molecule has 1 aliphatic rings. The fourth-order valence-corrected chi connectivity index (χ4v) is 3.58. The van der Waals surface area contributed by atoms with Crippen LogP contribution in [-0.4, -0.2) is 54.0 Å². The van der Waals surface area contributed by atoms with Crippen molar-refractivity contribution in [2.24, 2.45) is 0 Å². The molecular formula is C20H31N3O3. The van der Waals surface area contributed by atoms with Gasteiger partial charge in [0, 0.05) is 18.6 Å². The van der Waals surface area contributed by atoms with Crippen LogP contribution in [0.3, 0.4) is 0 Å². The Kier molecular flexibility index (Phi) is 7.30. The third-order valence-electron chi connectivity index (χ3n) is 4.89. The highest BCUT2D eigenvalue weighted by molar-refractivity contribution is 5.95. The number of rotatable bonds is 6. The fourth-order valence-electron chi connectivity index (χ4n) is 3.58. The van der Waals surface area contributed by atoms with Crippen LogP contribution in [0, 0.1) is 0 Å². The molecule has 3 amide bonds. The Morgan fingerprint density at radius 3 is 2.50 bits per heavy atom. The van der Waals surface area contributed by atoms with Crippen molar-refractivity contribution in [3.05, 3.63) is 24.3 Å². The maximum absolute atomic E-state index is 13.1. The highest BCUT2D eigenvalue weighted by atomic mass is 16.5. The lowest BCUT2D eigenvalue weighted by Gasteiger charge is -2.41. The Morgan fingerprint density at radius 2 is 1.88 bits per heavy atom. The molecule has 1 aliphatic heterocycles. The smallest absolute Gasteiger partial charge is 0.320 e. The number of para-hydroxylation sites is 2. The van der Waals surface area contributed by atoms with E-state index in [1.165, 1.54) is 0 Å². The molecule has 0 aliphatic carbocycles. The highest BCUT2D eigenvalue weighted by Crippen LogP contribution is 2.25. The molecule has 6 heteroatoms. The predicted octanol–water partition coefficient (Wildman–Crippen LogP) is 3.73. The number of hydrogen-bond acceptors (Lipinski definition) is 3. The first-order valence-corrected chi connectivity index (χ1v) is 9.48. The minimum Gasteiger partial charge on any atom is -0.495 e. The van der Waals surface area contributed by atoms with Crippen molar-refractivity contribution in [3.63, 3.8) is 0 Å². The van der Waals surface area contributed by atoms with Crippen molar-refractivity contribution in [1.82, 2.24) is 9.80 Å². The summed E-state index contributed by atoms with van der Waals surface area (Å²) in [5.41, 5.74) is 0.614. The molecule has 1 aromatic carbocycles. The van der Waals surface area contributed by atoms with Crippen LogP contribution in [0.4, 0.5) is 10.5 Å². The lowest BCUT2D eigenvalue weighted by molar-refractivity contribution is -0.117. The average molecular weight is 361 g/mol. The summed E-state index contributed by atoms with van der Waals surface area (Å²) in [6.07, 6.45) is 3.99. The average Bonchev–Trinajstić information content (AvgIpc) is 2.61. The molecule has 2 rings (SSSR count). The van der Waals surface area contributed by atoms with E-state index in [1.807, 2.05) is 24.0 Å². The maximum atomic E-state index is 13.1. The van der Waals surface area contributed by atoms with Crippen LogP contribution in [-0.2, 0) is 4.79 Å². The van der Waals surface area contributed by atoms with Crippen molar-refractivity contribution < 1.29 is 14.3 Å². The molecule has 1 fully saturated rings. The van der Waals surface area contributed by atoms with Gasteiger partial charge in [-0.05, 0) is 51.7 Å². The lowest BCUT2D eigenvalue weighted by atomic mass is 9.98. The number of likely N-dealkylation sites (tertiary alicyclic amines) is 1. The first kappa shape index (κ1) is 20.1. The summed E-state index contributed by atoms with van der Waals surface area (Å²) >= 11 is 0. The second-order valence-corrected chi connectivity index (χ2v) is 6.99. The van der Waals surface area contributed by atoms with Gasteiger partial charge >= 0.3 is 6.03 Å². The van der Waals surface area contributed by atoms with Crippen LogP contribution in [0.1, 0.15) is 46.5 Å². The monoisotopic (exact) mass is 361 g/mol. The van der Waals surface area contributed by atoms with Gasteiger partial charge < -0.3 is 19.9 Å². The van der Waals surface area contributed by atoms with E-state index in [0.29, 0.717) is 18.0 Å². The number of carbonyl (C=O) groups excluding carboxylic acids is 2. The van der Waals surface area contributed by atoms with Gasteiger partial charge in [-0.2, -0.15) is 0 Å². The Labute approximate surface area is 156 Å². The molecule has 0 unspecified atom stereocenters. The van der Waals surface area contributed by atoms with Crippen LogP contribution in [0.5, 0.6) is 5.75 Å². The van der Waals surface area contributed by atoms with Crippen LogP contribution in [0.2, 0.25) is 0 Å². The minimum atomic E-state index is -0.214. The number of carbonyl (C=O) groups is 2. The van der Waals surface area contributed by atoms with E-state index in [0.717, 1.165) is 25.7 Å². The van der Waals surface area contributed by atoms with Crippen molar-refractivity contribution in [3.8, 4) is 5.75 Å². The molecule has 1 N–H and O–H groups in total. The summed E-state index contributed by atoms with van der Waals surface area (Å²) in [6.45, 7) is 6.80. The number of urea groups is 1. The van der Waals surface area contributed by atoms with Gasteiger partial charge in [-0.15, -0.1) is 0 Å². The standard InChI is InChI=1S/C20H31N3O3/c1-5-13-22(20(25)23-15(2)9-8-10-16(23)3)14-19(24)21-17-11-6-7-12-18(17)26-4/h6-7,11-12,15-16H,5,8-10,13-14H2,1-4H3,(H,21,24)/t15-,16-/m1/s1. The van der Waals surface area contributed by atoms with Crippen LogP contribution >= 0.6 is 0 Å². The first-order valence-electron chi connectivity index (χ1n) is 9.48. The number of amides is 3. The van der Waals surface area contributed by atoms with E-state index in [4.69, 9.17) is 4.74 Å². The highest BCUT2D eigenvalue weighted by Gasteiger charge is 2.32. The number of hydrogen-bond donors (Lipinski definition) is 1. The predicted molar refractivity (Wildman–Crippen MR) is 103 cm³/mol. The SMILES string of the molecule is CCCN(CC(=O)Nc1ccccc1OC)C(=O)N1[C@H](C)CCC[C@H]1C. The van der Waals surface area contributed by atoms with Crippen molar-refractivity contribution >= 4 is 17.6 Å². The summed E-state index contributed by atoms with van der Waals surface area (Å²) in [5.74, 6) is 0.390. The van der Waals surface area contributed by atoms with Crippen LogP contribution < -0.4 is 10.1 Å². The first-order chi connectivity index (χ1) is 12.5. The summed E-state index contributed by atoms with van der Waals surface area (Å²) in [7, 11) is 1.57. The van der Waals surface area contributed by atoms with E-state index >= 15 is 0 Å². The van der Waals surface area contributed by atoms with Gasteiger partial charge in [-0.3, -0.25) is 4.79 Å². The quantitative estimate of drug-likeness (QED) is 0.840. The summed E-state index contributed by atoms with van der Waals surface area (Å²) in [6, 6.07) is 7.65. The number of nitrogens with zero attached hydrogens (tertiary/aromatic N) is 2. The molecule has 0 spiro atoms. The minimum absolute atomic E-state index is 0.0401. The van der Waals surface area contributed by atoms with Gasteiger partial charge in [0.05, 0.1) is 12.8 Å². The van der Waals surface area contributed by atoms with E-state index in [-0.39, 0.29) is 30.6 Å². The molecule has 0 bridgehead atoms. The molecule has 1 heterocycles. The normalized spacial score (nSPS) is 19.8. The number of benzene rings is 1. The maximum Gasteiger partial charge on any atom is 0.320 e. The molecule has 144 valence electrons. The molecule has 1 saturated heterocycles. The zero-order chi connectivity index (χ0) is 19.1. The molecule has 1 aromatic rings. The molecule has 0 radical (unpaired) electrons. The number of anilines is 1. The van der Waals surface area contributed by atoms with E-state index in [1.54, 1.807) is 24.1 Å². The molecular weight excluding hydrogens is 330 g/mol. The fraction of sp³-hybridized carbons (Fsp3) is 0.600. The number of piperidine rings is 1. The second-order valence-electron chi connectivity index (χ2n) is 6.99. The van der Waals surface area contributed by atoms with Crippen molar-refractivity contribution in [2.75, 3.05) is 25.5 Å². The zero-order valence-corrected chi connectivity index (χ0v) is 16.3. The molecule has 2 atom stereocenters. The summed E-state index contributed by atoms with van der Waals surface area (Å²) in [5, 5.41) is 2.85. The molecule has 6 nitrogen and oxygen atoms in total. The van der Waals surface area contributed by atoms with Gasteiger partial charge in [-0.1, -0.05) is 19.1 Å². The largest absolute Gasteiger partial charge is 0.495 e. The third kappa shape index (κ3) is 4.90. The zero-order valence-electron chi connectivity index (χ0n) is 16.3. The van der Waals surface area contributed by atoms with Crippen molar-refractivity contribution in [1.29, 1.82) is 0 Å². The Hall–Kier alpha value is -2.24. The Morgan fingerprint density at radius 1 is 1.23 bits per heavy atom. The van der Waals surface area contributed by atoms with Gasteiger partial charge in [0.15, 0.2) is 0 Å². The van der Waals surface area contributed by atoms with Gasteiger partial charge in [0.1, 0.15) is 12.3 Å². The van der Waals surface area contributed by atoms with Crippen molar-refractivity contribution in [2.45, 2.75) is 58.5 Å². The lowest BCUT2D eigenvalue weighted by Crippen LogP contribution is -2.54. The van der Waals surface area contributed by atoms with E-state index in [9.17, 15) is 9.59 Å². The summed E-state index contributed by atoms with van der Waals surface area (Å²) in [4.78, 5) is 29.2. The van der Waals surface area contributed by atoms with Crippen LogP contribution in [0.25, 0.3) is 0 Å². The van der Waals surface area contributed by atoms with Gasteiger partial charge in [0.2, 0.25) is 5.91 Å². The Balaban J connectivity index is 2.06. The molecule has 26 heavy (non-hydrogen) atoms. The molecule has 0 saturated carbocycles. The third-order valence-corrected chi connectivity index (χ3v) is 4.89. The second kappa shape index (κ2) is 9.46. The topological polar surface area (TPSA) is 61.9 Å². The van der Waals surface area contributed by atoms with E-state index < -0.39 is 0 Å². The van der Waals surface area contributed by atoms with Gasteiger partial charge in [0.25, 0.3) is 0 Å². The molecule has 0 aromatic heterocycles. The number of methoxy groups -OCH3 is 1.